The molecule has 0 radical (unpaired) electrons. The number of hydrogen-bond donors (Lipinski definition) is 2. The predicted octanol–water partition coefficient (Wildman–Crippen LogP) is -9.62. The Hall–Kier alpha value is -2.50. The molecule has 16 heteroatoms. The van der Waals surface area contributed by atoms with Gasteiger partial charge in [0, 0.05) is 24.3 Å². The molecule has 2 rings (SSSR count). The van der Waals surface area contributed by atoms with E-state index in [2.05, 4.69) is 20.6 Å². The van der Waals surface area contributed by atoms with Gasteiger partial charge < -0.3 is 10.6 Å². The standard InChI is InChI=1S/C12H10N4O2.2ClHO4/c17-11(15-9-1-5-13-6-2-9)12(18)16-10-3-7-14-8-4-10;2*2-1(3,4)5/h1-8H,(H,13,15,17)(H,14,16,18);2*(H,2,3,4,5). The first kappa shape index (κ1) is 25.5. The lowest BCUT2D eigenvalue weighted by atomic mass is 10.3. The number of pyridine rings is 2. The molecule has 0 fully saturated rings. The van der Waals surface area contributed by atoms with Gasteiger partial charge in [0.05, 0.1) is 11.4 Å². The maximum Gasteiger partial charge on any atom is 0.314 e. The summed E-state index contributed by atoms with van der Waals surface area (Å²) < 4.78 is 67.9. The molecule has 2 amide bonds. The fraction of sp³-hybridized carbons (Fsp3) is 0. The average Bonchev–Trinajstić information content (AvgIpc) is 2.53. The number of aromatic nitrogens is 2. The number of hydrogen-bond acceptors (Lipinski definition) is 10. The van der Waals surface area contributed by atoms with E-state index in [9.17, 15) is 9.59 Å². The molecule has 154 valence electrons. The molecule has 2 aromatic heterocycles. The van der Waals surface area contributed by atoms with Crippen LogP contribution in [0.25, 0.3) is 0 Å². The fourth-order valence-corrected chi connectivity index (χ4v) is 1.32. The Balaban J connectivity index is 0.000000607. The molecule has 0 spiro atoms. The number of amides is 2. The van der Waals surface area contributed by atoms with Crippen LogP contribution in [0.1, 0.15) is 0 Å². The van der Waals surface area contributed by atoms with Crippen molar-refractivity contribution in [1.29, 1.82) is 0 Å². The number of anilines is 2. The molecule has 2 heterocycles. The van der Waals surface area contributed by atoms with E-state index in [-0.39, 0.29) is 0 Å². The number of carbonyl (C=O) groups excluding carboxylic acids is 2. The summed E-state index contributed by atoms with van der Waals surface area (Å²) in [6.07, 6.45) is 6.61. The Labute approximate surface area is 160 Å². The van der Waals surface area contributed by atoms with Gasteiger partial charge in [-0.2, -0.15) is 0 Å². The van der Waals surface area contributed by atoms with Crippen molar-refractivity contribution in [2.75, 3.05) is 10.6 Å². The quantitative estimate of drug-likeness (QED) is 0.413. The van der Waals surface area contributed by atoms with E-state index in [1.54, 1.807) is 49.1 Å². The van der Waals surface area contributed by atoms with E-state index in [4.69, 9.17) is 37.3 Å². The summed E-state index contributed by atoms with van der Waals surface area (Å²) >= 11 is 0. The van der Waals surface area contributed by atoms with Crippen LogP contribution in [0, 0.1) is 20.5 Å². The Bertz CT molecular complexity index is 649. The minimum atomic E-state index is -4.94. The molecule has 0 aliphatic carbocycles. The highest BCUT2D eigenvalue weighted by atomic mass is 35.7. The Kier molecular flexibility index (Phi) is 11.0. The number of carbonyl (C=O) groups is 2. The highest BCUT2D eigenvalue weighted by Gasteiger charge is 2.14. The largest absolute Gasteiger partial charge is 0.317 e. The molecule has 0 aliphatic rings. The summed E-state index contributed by atoms with van der Waals surface area (Å²) in [4.78, 5) is 28.8. The third-order valence-electron chi connectivity index (χ3n) is 2.16. The molecule has 0 saturated heterocycles. The average molecular weight is 443 g/mol. The first-order valence-corrected chi connectivity index (χ1v) is 9.00. The molecule has 0 saturated carbocycles. The molecule has 28 heavy (non-hydrogen) atoms. The third-order valence-corrected chi connectivity index (χ3v) is 2.16. The van der Waals surface area contributed by atoms with Crippen LogP contribution >= 0.6 is 0 Å². The summed E-state index contributed by atoms with van der Waals surface area (Å²) in [5, 5.41) is 4.97. The van der Waals surface area contributed by atoms with Gasteiger partial charge in [-0.15, -0.1) is 20.5 Å². The van der Waals surface area contributed by atoms with E-state index >= 15 is 0 Å². The van der Waals surface area contributed by atoms with E-state index < -0.39 is 32.3 Å². The second-order valence-corrected chi connectivity index (χ2v) is 5.75. The Morgan fingerprint density at radius 2 is 0.821 bits per heavy atom. The highest BCUT2D eigenvalue weighted by molar-refractivity contribution is 6.43. The lowest BCUT2D eigenvalue weighted by Crippen LogP contribution is -2.68. The van der Waals surface area contributed by atoms with Crippen molar-refractivity contribution in [2.24, 2.45) is 0 Å². The molecule has 0 bridgehead atoms. The topological polar surface area (TPSA) is 271 Å². The van der Waals surface area contributed by atoms with Crippen LogP contribution in [0.15, 0.2) is 49.1 Å². The van der Waals surface area contributed by atoms with Gasteiger partial charge in [0.2, 0.25) is 0 Å². The first-order valence-electron chi connectivity index (χ1n) is 6.54. The van der Waals surface area contributed by atoms with Crippen LogP contribution in [0.5, 0.6) is 0 Å². The van der Waals surface area contributed by atoms with Crippen molar-refractivity contribution < 1.29 is 77.3 Å². The van der Waals surface area contributed by atoms with Crippen LogP contribution in [0.4, 0.5) is 11.4 Å². The fourth-order valence-electron chi connectivity index (χ4n) is 1.32. The number of rotatable bonds is 2. The van der Waals surface area contributed by atoms with Gasteiger partial charge in [-0.3, -0.25) is 9.59 Å². The van der Waals surface area contributed by atoms with Crippen LogP contribution in [0.2, 0.25) is 0 Å². The van der Waals surface area contributed by atoms with Gasteiger partial charge in [-0.1, -0.05) is 0 Å². The first-order chi connectivity index (χ1) is 12.8. The van der Waals surface area contributed by atoms with Crippen molar-refractivity contribution >= 4 is 23.2 Å². The smallest absolute Gasteiger partial charge is 0.314 e. The van der Waals surface area contributed by atoms with Gasteiger partial charge in [0.25, 0.3) is 0 Å². The number of nitrogens with one attached hydrogen (secondary N) is 4. The Morgan fingerprint density at radius 3 is 1.04 bits per heavy atom. The molecule has 2 aromatic rings. The lowest BCUT2D eigenvalue weighted by molar-refractivity contribution is -2.00. The minimum absolute atomic E-state index is 0.551. The van der Waals surface area contributed by atoms with Crippen molar-refractivity contribution in [3.63, 3.8) is 0 Å². The monoisotopic (exact) mass is 442 g/mol. The predicted molar refractivity (Wildman–Crippen MR) is 63.3 cm³/mol. The van der Waals surface area contributed by atoms with Crippen LogP contribution in [-0.2, 0) is 9.59 Å². The molecule has 0 aliphatic heterocycles. The number of halogens is 2. The zero-order chi connectivity index (χ0) is 21.8. The zero-order valence-corrected chi connectivity index (χ0v) is 15.0. The molecule has 0 atom stereocenters. The highest BCUT2D eigenvalue weighted by Crippen LogP contribution is 2.04. The zero-order valence-electron chi connectivity index (χ0n) is 13.5. The van der Waals surface area contributed by atoms with Crippen LogP contribution in [0.3, 0.4) is 0 Å². The number of H-pyrrole nitrogens is 2. The summed E-state index contributed by atoms with van der Waals surface area (Å²) in [6.45, 7) is 0. The number of aromatic amines is 2. The molecule has 0 aromatic carbocycles. The molecule has 0 unspecified atom stereocenters. The van der Waals surface area contributed by atoms with E-state index in [0.29, 0.717) is 11.4 Å². The molecule has 4 N–H and O–H groups in total. The van der Waals surface area contributed by atoms with Gasteiger partial charge in [0.15, 0.2) is 24.8 Å². The molecular formula is C12H12Cl2N4O10. The maximum atomic E-state index is 11.6. The van der Waals surface area contributed by atoms with Crippen molar-refractivity contribution in [3.05, 3.63) is 49.1 Å². The van der Waals surface area contributed by atoms with Gasteiger partial charge in [-0.05, 0) is 0 Å². The summed E-state index contributed by atoms with van der Waals surface area (Å²) in [6, 6.07) is 6.62. The summed E-state index contributed by atoms with van der Waals surface area (Å²) in [5.41, 5.74) is 1.10. The van der Waals surface area contributed by atoms with Crippen molar-refractivity contribution in [2.45, 2.75) is 0 Å². The SMILES string of the molecule is O=C(Nc1cc[nH+]cc1)C(=O)Nc1cc[nH+]cc1.[O-][Cl+3]([O-])([O-])[O-].[O-][Cl+3]([O-])([O-])[O-]. The van der Waals surface area contributed by atoms with E-state index in [0.717, 1.165) is 0 Å². The van der Waals surface area contributed by atoms with Crippen LogP contribution < -0.4 is 57.9 Å². The second-order valence-electron chi connectivity index (χ2n) is 4.24. The third kappa shape index (κ3) is 18.3. The molecular weight excluding hydrogens is 431 g/mol. The van der Waals surface area contributed by atoms with E-state index in [1.807, 2.05) is 0 Å². The normalized spacial score (nSPS) is 10.4. The summed E-state index contributed by atoms with van der Waals surface area (Å²) in [5.74, 6) is -1.43. The van der Waals surface area contributed by atoms with Gasteiger partial charge >= 0.3 is 11.8 Å². The second kappa shape index (κ2) is 12.1. The Morgan fingerprint density at radius 1 is 0.607 bits per heavy atom. The van der Waals surface area contributed by atoms with E-state index in [1.165, 1.54) is 0 Å². The maximum absolute atomic E-state index is 11.6. The van der Waals surface area contributed by atoms with Gasteiger partial charge in [-0.25, -0.2) is 47.2 Å². The molecule has 14 nitrogen and oxygen atoms in total. The summed E-state index contributed by atoms with van der Waals surface area (Å²) in [7, 11) is -9.89. The lowest BCUT2D eigenvalue weighted by Gasteiger charge is -2.17. The van der Waals surface area contributed by atoms with Gasteiger partial charge in [0.1, 0.15) is 0 Å². The van der Waals surface area contributed by atoms with Crippen molar-refractivity contribution in [3.8, 4) is 0 Å². The van der Waals surface area contributed by atoms with Crippen LogP contribution in [-0.4, -0.2) is 11.8 Å². The minimum Gasteiger partial charge on any atom is -0.317 e. The van der Waals surface area contributed by atoms with Crippen molar-refractivity contribution in [1.82, 2.24) is 0 Å².